The van der Waals surface area contributed by atoms with Crippen molar-refractivity contribution in [3.63, 3.8) is 0 Å². The summed E-state index contributed by atoms with van der Waals surface area (Å²) in [5.41, 5.74) is 0. The molecule has 18 heavy (non-hydrogen) atoms. The van der Waals surface area contributed by atoms with E-state index in [1.807, 2.05) is 6.07 Å². The zero-order valence-electron chi connectivity index (χ0n) is 10.9. The highest BCUT2D eigenvalue weighted by molar-refractivity contribution is 7.18. The summed E-state index contributed by atoms with van der Waals surface area (Å²) in [6.45, 7) is 5.83. The molecule has 0 aliphatic carbocycles. The Morgan fingerprint density at radius 3 is 2.94 bits per heavy atom. The van der Waals surface area contributed by atoms with Crippen LogP contribution in [-0.2, 0) is 0 Å². The number of hydrogen-bond donors (Lipinski definition) is 0. The minimum atomic E-state index is 0.184. The van der Waals surface area contributed by atoms with Crippen molar-refractivity contribution in [1.29, 1.82) is 0 Å². The van der Waals surface area contributed by atoms with E-state index in [0.717, 1.165) is 30.9 Å². The van der Waals surface area contributed by atoms with E-state index in [0.29, 0.717) is 16.9 Å². The molecule has 0 amide bonds. The maximum absolute atomic E-state index is 12.2. The Bertz CT molecular complexity index is 421. The first-order chi connectivity index (χ1) is 8.56. The molecule has 0 aromatic carbocycles. The molecule has 0 N–H and O–H groups in total. The van der Waals surface area contributed by atoms with Gasteiger partial charge in [0.15, 0.2) is 5.78 Å². The Morgan fingerprint density at radius 1 is 1.50 bits per heavy atom. The predicted molar refractivity (Wildman–Crippen MR) is 76.8 cm³/mol. The lowest BCUT2D eigenvalue weighted by atomic mass is 10.2. The third-order valence-corrected chi connectivity index (χ3v) is 4.65. The Labute approximate surface area is 117 Å². The molecular weight excluding hydrogens is 268 g/mol. The fourth-order valence-corrected chi connectivity index (χ4v) is 3.36. The lowest BCUT2D eigenvalue weighted by Crippen LogP contribution is -2.40. The molecule has 1 unspecified atom stereocenters. The third-order valence-electron chi connectivity index (χ3n) is 3.38. The second-order valence-electron chi connectivity index (χ2n) is 4.96. The van der Waals surface area contributed by atoms with Crippen LogP contribution in [0.4, 0.5) is 0 Å². The van der Waals surface area contributed by atoms with Gasteiger partial charge in [-0.3, -0.25) is 9.69 Å². The van der Waals surface area contributed by atoms with Gasteiger partial charge < -0.3 is 4.90 Å². The standard InChI is InChI=1S/C13H19ClN2OS/c1-10-8-15(2)6-3-7-16(10)9-11(17)12-4-5-13(14)18-12/h4-5,10H,3,6-9H2,1-2H3. The summed E-state index contributed by atoms with van der Waals surface area (Å²) in [6, 6.07) is 4.04. The highest BCUT2D eigenvalue weighted by atomic mass is 35.5. The van der Waals surface area contributed by atoms with E-state index < -0.39 is 0 Å². The van der Waals surface area contributed by atoms with Crippen LogP contribution in [0, 0.1) is 0 Å². The molecule has 2 rings (SSSR count). The number of hydrogen-bond acceptors (Lipinski definition) is 4. The van der Waals surface area contributed by atoms with E-state index in [9.17, 15) is 4.79 Å². The number of nitrogens with zero attached hydrogens (tertiary/aromatic N) is 2. The summed E-state index contributed by atoms with van der Waals surface area (Å²) in [6.07, 6.45) is 1.12. The molecule has 5 heteroatoms. The Hall–Kier alpha value is -0.420. The zero-order chi connectivity index (χ0) is 13.1. The van der Waals surface area contributed by atoms with Crippen LogP contribution in [0.15, 0.2) is 12.1 Å². The minimum absolute atomic E-state index is 0.184. The molecule has 0 spiro atoms. The molecule has 1 aliphatic heterocycles. The first kappa shape index (κ1) is 14.0. The average Bonchev–Trinajstić information content (AvgIpc) is 2.67. The highest BCUT2D eigenvalue weighted by Gasteiger charge is 2.22. The molecule has 1 fully saturated rings. The number of carbonyl (C=O) groups excluding carboxylic acids is 1. The second kappa shape index (κ2) is 6.15. The van der Waals surface area contributed by atoms with E-state index in [1.54, 1.807) is 6.07 Å². The fourth-order valence-electron chi connectivity index (χ4n) is 2.38. The SMILES string of the molecule is CC1CN(C)CCCN1CC(=O)c1ccc(Cl)s1. The number of ketones is 1. The Balaban J connectivity index is 1.97. The maximum atomic E-state index is 12.2. The Kier molecular flexibility index (Phi) is 4.78. The van der Waals surface area contributed by atoms with Gasteiger partial charge in [0, 0.05) is 19.1 Å². The highest BCUT2D eigenvalue weighted by Crippen LogP contribution is 2.22. The topological polar surface area (TPSA) is 23.6 Å². The first-order valence-electron chi connectivity index (χ1n) is 6.27. The number of likely N-dealkylation sites (N-methyl/N-ethyl adjacent to an activating group) is 1. The summed E-state index contributed by atoms with van der Waals surface area (Å²) >= 11 is 7.24. The van der Waals surface area contributed by atoms with Gasteiger partial charge in [-0.1, -0.05) is 11.6 Å². The summed E-state index contributed by atoms with van der Waals surface area (Å²) in [7, 11) is 2.14. The summed E-state index contributed by atoms with van der Waals surface area (Å²) in [4.78, 5) is 17.5. The van der Waals surface area contributed by atoms with E-state index in [2.05, 4.69) is 23.8 Å². The molecule has 0 saturated carbocycles. The van der Waals surface area contributed by atoms with Crippen molar-refractivity contribution in [2.24, 2.45) is 0 Å². The van der Waals surface area contributed by atoms with Gasteiger partial charge in [-0.25, -0.2) is 0 Å². The van der Waals surface area contributed by atoms with Crippen LogP contribution in [0.1, 0.15) is 23.0 Å². The normalized spacial score (nSPS) is 22.9. The van der Waals surface area contributed by atoms with Crippen molar-refractivity contribution >= 4 is 28.7 Å². The number of rotatable bonds is 3. The van der Waals surface area contributed by atoms with Gasteiger partial charge in [-0.2, -0.15) is 0 Å². The quantitative estimate of drug-likeness (QED) is 0.798. The fraction of sp³-hybridized carbons (Fsp3) is 0.615. The monoisotopic (exact) mass is 286 g/mol. The molecule has 0 bridgehead atoms. The molecule has 1 atom stereocenters. The summed E-state index contributed by atoms with van der Waals surface area (Å²) in [5, 5.41) is 0. The van der Waals surface area contributed by atoms with E-state index in [4.69, 9.17) is 11.6 Å². The van der Waals surface area contributed by atoms with Gasteiger partial charge in [0.25, 0.3) is 0 Å². The smallest absolute Gasteiger partial charge is 0.186 e. The van der Waals surface area contributed by atoms with Gasteiger partial charge in [0.1, 0.15) is 0 Å². The third kappa shape index (κ3) is 3.54. The van der Waals surface area contributed by atoms with Crippen molar-refractivity contribution in [2.75, 3.05) is 33.2 Å². The minimum Gasteiger partial charge on any atom is -0.305 e. The molecule has 1 saturated heterocycles. The van der Waals surface area contributed by atoms with Gasteiger partial charge in [0.05, 0.1) is 15.8 Å². The molecule has 0 radical (unpaired) electrons. The van der Waals surface area contributed by atoms with Crippen molar-refractivity contribution < 1.29 is 4.79 Å². The first-order valence-corrected chi connectivity index (χ1v) is 7.47. The predicted octanol–water partition coefficient (Wildman–Crippen LogP) is 2.61. The van der Waals surface area contributed by atoms with Crippen LogP contribution in [0.25, 0.3) is 0 Å². The van der Waals surface area contributed by atoms with E-state index in [-0.39, 0.29) is 5.78 Å². The number of Topliss-reactive ketones (excluding diaryl/α,β-unsaturated/α-hetero) is 1. The van der Waals surface area contributed by atoms with Crippen LogP contribution in [0.2, 0.25) is 4.34 Å². The molecular formula is C13H19ClN2OS. The van der Waals surface area contributed by atoms with Crippen LogP contribution >= 0.6 is 22.9 Å². The molecule has 1 aromatic heterocycles. The number of halogens is 1. The molecule has 1 aromatic rings. The van der Waals surface area contributed by atoms with Crippen LogP contribution in [-0.4, -0.2) is 54.9 Å². The van der Waals surface area contributed by atoms with Crippen molar-refractivity contribution in [2.45, 2.75) is 19.4 Å². The average molecular weight is 287 g/mol. The van der Waals surface area contributed by atoms with Gasteiger partial charge in [-0.15, -0.1) is 11.3 Å². The zero-order valence-corrected chi connectivity index (χ0v) is 12.4. The van der Waals surface area contributed by atoms with Gasteiger partial charge >= 0.3 is 0 Å². The van der Waals surface area contributed by atoms with E-state index >= 15 is 0 Å². The number of thiophene rings is 1. The van der Waals surface area contributed by atoms with Crippen LogP contribution in [0.3, 0.4) is 0 Å². The van der Waals surface area contributed by atoms with Gasteiger partial charge in [-0.05, 0) is 39.1 Å². The van der Waals surface area contributed by atoms with Gasteiger partial charge in [0.2, 0.25) is 0 Å². The maximum Gasteiger partial charge on any atom is 0.186 e. The van der Waals surface area contributed by atoms with Crippen LogP contribution < -0.4 is 0 Å². The Morgan fingerprint density at radius 2 is 2.28 bits per heavy atom. The second-order valence-corrected chi connectivity index (χ2v) is 6.68. The largest absolute Gasteiger partial charge is 0.305 e. The molecule has 1 aliphatic rings. The molecule has 2 heterocycles. The van der Waals surface area contributed by atoms with Crippen molar-refractivity contribution in [3.8, 4) is 0 Å². The van der Waals surface area contributed by atoms with Crippen molar-refractivity contribution in [3.05, 3.63) is 21.3 Å². The molecule has 3 nitrogen and oxygen atoms in total. The summed E-state index contributed by atoms with van der Waals surface area (Å²) < 4.78 is 0.682. The molecule has 100 valence electrons. The lowest BCUT2D eigenvalue weighted by molar-refractivity contribution is 0.0904. The van der Waals surface area contributed by atoms with Crippen molar-refractivity contribution in [1.82, 2.24) is 9.80 Å². The number of carbonyl (C=O) groups is 1. The van der Waals surface area contributed by atoms with Crippen LogP contribution in [0.5, 0.6) is 0 Å². The lowest BCUT2D eigenvalue weighted by Gasteiger charge is -2.26. The van der Waals surface area contributed by atoms with E-state index in [1.165, 1.54) is 11.3 Å². The summed E-state index contributed by atoms with van der Waals surface area (Å²) in [5.74, 6) is 0.184.